The van der Waals surface area contributed by atoms with Gasteiger partial charge in [0.25, 0.3) is 0 Å². The van der Waals surface area contributed by atoms with Crippen molar-refractivity contribution in [2.75, 3.05) is 0 Å². The first kappa shape index (κ1) is 18.0. The smallest absolute Gasteiger partial charge is 0.0708 e. The molecule has 6 aromatic carbocycles. The predicted molar refractivity (Wildman–Crippen MR) is 144 cm³/mol. The van der Waals surface area contributed by atoms with Gasteiger partial charge >= 0.3 is 0 Å². The van der Waals surface area contributed by atoms with Crippen LogP contribution in [0.1, 0.15) is 0 Å². The Morgan fingerprint density at radius 2 is 1.12 bits per heavy atom. The number of hydrogen-bond acceptors (Lipinski definition) is 1. The Labute approximate surface area is 196 Å². The van der Waals surface area contributed by atoms with Crippen LogP contribution in [-0.2, 0) is 0 Å². The van der Waals surface area contributed by atoms with Gasteiger partial charge in [-0.2, -0.15) is 0 Å². The molecule has 1 heteroatoms. The predicted octanol–water partition coefficient (Wildman–Crippen LogP) is 9.01. The SMILES string of the molecule is c1ccc2c(c1)-c1cccc3c1c-2cc1c2ccccc2c(-c2ccc4cccnc4c2)cc31. The van der Waals surface area contributed by atoms with Gasteiger partial charge in [-0.1, -0.05) is 84.9 Å². The van der Waals surface area contributed by atoms with Crippen molar-refractivity contribution in [1.82, 2.24) is 4.98 Å². The molecular weight excluding hydrogens is 410 g/mol. The largest absolute Gasteiger partial charge is 0.256 e. The highest BCUT2D eigenvalue weighted by Gasteiger charge is 2.23. The summed E-state index contributed by atoms with van der Waals surface area (Å²) in [6.07, 6.45) is 1.87. The van der Waals surface area contributed by atoms with Crippen LogP contribution < -0.4 is 0 Å². The third kappa shape index (κ3) is 2.31. The van der Waals surface area contributed by atoms with Gasteiger partial charge in [0.1, 0.15) is 0 Å². The molecule has 1 heterocycles. The van der Waals surface area contributed by atoms with E-state index in [-0.39, 0.29) is 0 Å². The van der Waals surface area contributed by atoms with Crippen molar-refractivity contribution in [3.05, 3.63) is 115 Å². The Morgan fingerprint density at radius 3 is 2.03 bits per heavy atom. The van der Waals surface area contributed by atoms with Crippen molar-refractivity contribution in [3.63, 3.8) is 0 Å². The summed E-state index contributed by atoms with van der Waals surface area (Å²) in [5.41, 5.74) is 8.85. The van der Waals surface area contributed by atoms with Crippen LogP contribution in [0.25, 0.3) is 76.6 Å². The molecule has 8 rings (SSSR count). The Bertz CT molecular complexity index is 1960. The molecule has 156 valence electrons. The zero-order valence-corrected chi connectivity index (χ0v) is 18.4. The average molecular weight is 430 g/mol. The van der Waals surface area contributed by atoms with E-state index in [4.69, 9.17) is 0 Å². The highest BCUT2D eigenvalue weighted by Crippen LogP contribution is 2.50. The molecule has 0 unspecified atom stereocenters. The first-order valence-corrected chi connectivity index (χ1v) is 11.7. The van der Waals surface area contributed by atoms with E-state index in [0.717, 1.165) is 5.52 Å². The molecule has 34 heavy (non-hydrogen) atoms. The number of hydrogen-bond donors (Lipinski definition) is 0. The molecular formula is C33H19N. The number of rotatable bonds is 1. The summed E-state index contributed by atoms with van der Waals surface area (Å²) in [6.45, 7) is 0. The van der Waals surface area contributed by atoms with Crippen LogP contribution in [0.2, 0.25) is 0 Å². The molecule has 0 saturated heterocycles. The zero-order valence-electron chi connectivity index (χ0n) is 18.4. The van der Waals surface area contributed by atoms with Crippen LogP contribution >= 0.6 is 0 Å². The minimum atomic E-state index is 1.03. The highest BCUT2D eigenvalue weighted by molar-refractivity contribution is 6.28. The second kappa shape index (κ2) is 6.52. The van der Waals surface area contributed by atoms with Gasteiger partial charge in [0.15, 0.2) is 0 Å². The number of aromatic nitrogens is 1. The molecule has 0 atom stereocenters. The van der Waals surface area contributed by atoms with Crippen LogP contribution in [0.5, 0.6) is 0 Å². The Morgan fingerprint density at radius 1 is 0.412 bits per heavy atom. The lowest BCUT2D eigenvalue weighted by Crippen LogP contribution is -1.88. The van der Waals surface area contributed by atoms with E-state index in [2.05, 4.69) is 108 Å². The van der Waals surface area contributed by atoms with Gasteiger partial charge in [0.2, 0.25) is 0 Å². The van der Waals surface area contributed by atoms with E-state index in [1.807, 2.05) is 12.3 Å². The summed E-state index contributed by atoms with van der Waals surface area (Å²) in [5, 5.41) is 9.06. The minimum Gasteiger partial charge on any atom is -0.256 e. The maximum atomic E-state index is 4.61. The van der Waals surface area contributed by atoms with Gasteiger partial charge in [-0.25, -0.2) is 0 Å². The quantitative estimate of drug-likeness (QED) is 0.237. The van der Waals surface area contributed by atoms with Crippen molar-refractivity contribution in [3.8, 4) is 33.4 Å². The fraction of sp³-hybridized carbons (Fsp3) is 0. The second-order valence-corrected chi connectivity index (χ2v) is 9.17. The van der Waals surface area contributed by atoms with Crippen molar-refractivity contribution in [2.45, 2.75) is 0 Å². The minimum absolute atomic E-state index is 1.03. The molecule has 0 spiro atoms. The molecule has 1 aliphatic rings. The summed E-state index contributed by atoms with van der Waals surface area (Å²) in [5.74, 6) is 0. The van der Waals surface area contributed by atoms with E-state index < -0.39 is 0 Å². The topological polar surface area (TPSA) is 12.9 Å². The van der Waals surface area contributed by atoms with Crippen LogP contribution in [0.15, 0.2) is 115 Å². The molecule has 0 saturated carbocycles. The van der Waals surface area contributed by atoms with Crippen molar-refractivity contribution >= 4 is 43.2 Å². The molecule has 1 aliphatic carbocycles. The number of benzene rings is 6. The monoisotopic (exact) mass is 429 g/mol. The normalized spacial score (nSPS) is 12.1. The third-order valence-corrected chi connectivity index (χ3v) is 7.42. The Kier molecular flexibility index (Phi) is 3.45. The first-order chi connectivity index (χ1) is 16.9. The van der Waals surface area contributed by atoms with Gasteiger partial charge in [-0.3, -0.25) is 4.98 Å². The summed E-state index contributed by atoms with van der Waals surface area (Å²) in [6, 6.07) is 39.9. The maximum Gasteiger partial charge on any atom is 0.0708 e. The van der Waals surface area contributed by atoms with E-state index in [0.29, 0.717) is 0 Å². The van der Waals surface area contributed by atoms with Crippen molar-refractivity contribution in [1.29, 1.82) is 0 Å². The molecule has 1 aromatic heterocycles. The fourth-order valence-electron chi connectivity index (χ4n) is 5.92. The van der Waals surface area contributed by atoms with Crippen LogP contribution in [-0.4, -0.2) is 4.98 Å². The average Bonchev–Trinajstić information content (AvgIpc) is 3.23. The van der Waals surface area contributed by atoms with Crippen molar-refractivity contribution in [2.24, 2.45) is 0 Å². The van der Waals surface area contributed by atoms with Gasteiger partial charge in [-0.05, 0) is 90.0 Å². The van der Waals surface area contributed by atoms with E-state index in [1.165, 1.54) is 71.1 Å². The van der Waals surface area contributed by atoms with Crippen LogP contribution in [0, 0.1) is 0 Å². The summed E-state index contributed by atoms with van der Waals surface area (Å²) < 4.78 is 0. The third-order valence-electron chi connectivity index (χ3n) is 7.42. The standard InChI is InChI=1S/C33H19N/c1-4-11-25-22(8-1)26-12-5-13-27-30-18-28(21-15-14-20-7-6-16-34-32(20)17-21)23-9-2-3-10-24(23)29(30)19-31(25)33(26)27/h1-19H. The summed E-state index contributed by atoms with van der Waals surface area (Å²) in [4.78, 5) is 4.61. The molecule has 0 bridgehead atoms. The molecule has 0 amide bonds. The molecule has 0 aliphatic heterocycles. The lowest BCUT2D eigenvalue weighted by Gasteiger charge is -2.15. The summed E-state index contributed by atoms with van der Waals surface area (Å²) in [7, 11) is 0. The van der Waals surface area contributed by atoms with E-state index in [1.54, 1.807) is 0 Å². The van der Waals surface area contributed by atoms with Crippen molar-refractivity contribution < 1.29 is 0 Å². The van der Waals surface area contributed by atoms with Gasteiger partial charge < -0.3 is 0 Å². The lowest BCUT2D eigenvalue weighted by molar-refractivity contribution is 1.41. The number of nitrogens with zero attached hydrogens (tertiary/aromatic N) is 1. The Balaban J connectivity index is 1.54. The number of fused-ring (bicyclic) bond motifs is 8. The van der Waals surface area contributed by atoms with E-state index >= 15 is 0 Å². The highest BCUT2D eigenvalue weighted by atomic mass is 14.6. The lowest BCUT2D eigenvalue weighted by atomic mass is 9.89. The fourth-order valence-corrected chi connectivity index (χ4v) is 5.92. The molecule has 0 N–H and O–H groups in total. The summed E-state index contributed by atoms with van der Waals surface area (Å²) >= 11 is 0. The van der Waals surface area contributed by atoms with Gasteiger partial charge in [0, 0.05) is 11.6 Å². The Hall–Kier alpha value is -4.49. The van der Waals surface area contributed by atoms with E-state index in [9.17, 15) is 0 Å². The molecule has 0 radical (unpaired) electrons. The van der Waals surface area contributed by atoms with Gasteiger partial charge in [-0.15, -0.1) is 0 Å². The van der Waals surface area contributed by atoms with Gasteiger partial charge in [0.05, 0.1) is 5.52 Å². The maximum absolute atomic E-state index is 4.61. The van der Waals surface area contributed by atoms with Crippen LogP contribution in [0.4, 0.5) is 0 Å². The number of pyridine rings is 1. The molecule has 7 aromatic rings. The zero-order chi connectivity index (χ0) is 22.2. The molecule has 1 nitrogen and oxygen atoms in total. The molecule has 0 fully saturated rings. The second-order valence-electron chi connectivity index (χ2n) is 9.17. The van der Waals surface area contributed by atoms with Crippen LogP contribution in [0.3, 0.4) is 0 Å². The first-order valence-electron chi connectivity index (χ1n) is 11.7.